The smallest absolute Gasteiger partial charge is 0.270 e. The Morgan fingerprint density at radius 2 is 1.59 bits per heavy atom. The predicted molar refractivity (Wildman–Crippen MR) is 106 cm³/mol. The molecular formula is C22H18N2O3. The maximum absolute atomic E-state index is 12.8. The van der Waals surface area contributed by atoms with Crippen LogP contribution in [0.15, 0.2) is 91.0 Å². The van der Waals surface area contributed by atoms with E-state index in [4.69, 9.17) is 0 Å². The monoisotopic (exact) mass is 358 g/mol. The van der Waals surface area contributed by atoms with Crippen LogP contribution in [0.4, 0.5) is 11.4 Å². The van der Waals surface area contributed by atoms with Crippen LogP contribution in [0.25, 0.3) is 6.08 Å². The third-order valence-corrected chi connectivity index (χ3v) is 4.02. The Balaban J connectivity index is 1.84. The molecule has 3 rings (SSSR count). The minimum atomic E-state index is -0.454. The fraction of sp³-hybridized carbons (Fsp3) is 0.0455. The second-order valence-corrected chi connectivity index (χ2v) is 5.93. The van der Waals surface area contributed by atoms with Crippen molar-refractivity contribution in [2.75, 3.05) is 4.90 Å². The van der Waals surface area contributed by atoms with Gasteiger partial charge in [-0.05, 0) is 29.3 Å². The summed E-state index contributed by atoms with van der Waals surface area (Å²) < 4.78 is 0. The second-order valence-electron chi connectivity index (χ2n) is 5.93. The molecular weight excluding hydrogens is 340 g/mol. The zero-order valence-electron chi connectivity index (χ0n) is 14.6. The van der Waals surface area contributed by atoms with Gasteiger partial charge in [-0.1, -0.05) is 60.7 Å². The molecule has 5 nitrogen and oxygen atoms in total. The number of nitro groups is 1. The Kier molecular flexibility index (Phi) is 5.74. The van der Waals surface area contributed by atoms with E-state index in [1.807, 2.05) is 60.7 Å². The minimum absolute atomic E-state index is 0.00574. The number of carbonyl (C=O) groups is 1. The van der Waals surface area contributed by atoms with Crippen molar-refractivity contribution in [3.05, 3.63) is 112 Å². The average Bonchev–Trinajstić information content (AvgIpc) is 2.72. The van der Waals surface area contributed by atoms with Crippen LogP contribution in [0.2, 0.25) is 0 Å². The first-order chi connectivity index (χ1) is 13.1. The molecule has 0 atom stereocenters. The molecule has 0 fully saturated rings. The van der Waals surface area contributed by atoms with E-state index in [2.05, 4.69) is 0 Å². The Morgan fingerprint density at radius 1 is 0.926 bits per heavy atom. The first kappa shape index (κ1) is 18.1. The van der Waals surface area contributed by atoms with Crippen LogP contribution in [-0.2, 0) is 11.3 Å². The molecule has 0 unspecified atom stereocenters. The summed E-state index contributed by atoms with van der Waals surface area (Å²) in [6, 6.07) is 25.3. The van der Waals surface area contributed by atoms with Crippen molar-refractivity contribution in [1.82, 2.24) is 0 Å². The van der Waals surface area contributed by atoms with Gasteiger partial charge in [0.15, 0.2) is 0 Å². The standard InChI is InChI=1S/C22H18N2O3/c25-22(15-14-18-10-7-13-21(16-18)24(26)27)23(20-11-5-2-6-12-20)17-19-8-3-1-4-9-19/h1-16H,17H2/b15-14-. The largest absolute Gasteiger partial charge is 0.304 e. The number of nitrogens with zero attached hydrogens (tertiary/aromatic N) is 2. The van der Waals surface area contributed by atoms with Crippen LogP contribution in [-0.4, -0.2) is 10.8 Å². The third kappa shape index (κ3) is 4.89. The predicted octanol–water partition coefficient (Wildman–Crippen LogP) is 4.84. The topological polar surface area (TPSA) is 63.4 Å². The highest BCUT2D eigenvalue weighted by Crippen LogP contribution is 2.19. The molecule has 0 aliphatic heterocycles. The zero-order chi connectivity index (χ0) is 19.1. The molecule has 0 saturated carbocycles. The molecule has 3 aromatic carbocycles. The first-order valence-corrected chi connectivity index (χ1v) is 8.46. The van der Waals surface area contributed by atoms with Gasteiger partial charge in [-0.2, -0.15) is 0 Å². The highest BCUT2D eigenvalue weighted by Gasteiger charge is 2.13. The SMILES string of the molecule is O=C(/C=C\c1cccc([N+](=O)[O-])c1)N(Cc1ccccc1)c1ccccc1. The molecule has 0 aromatic heterocycles. The van der Waals surface area contributed by atoms with Crippen LogP contribution >= 0.6 is 0 Å². The number of nitro benzene ring substituents is 1. The fourth-order valence-corrected chi connectivity index (χ4v) is 2.67. The van der Waals surface area contributed by atoms with E-state index in [0.717, 1.165) is 11.3 Å². The number of anilines is 1. The van der Waals surface area contributed by atoms with E-state index < -0.39 is 4.92 Å². The normalized spacial score (nSPS) is 10.7. The van der Waals surface area contributed by atoms with Crippen molar-refractivity contribution in [3.63, 3.8) is 0 Å². The number of hydrogen-bond donors (Lipinski definition) is 0. The Bertz CT molecular complexity index is 954. The number of hydrogen-bond acceptors (Lipinski definition) is 3. The van der Waals surface area contributed by atoms with Gasteiger partial charge >= 0.3 is 0 Å². The van der Waals surface area contributed by atoms with Gasteiger partial charge in [0.05, 0.1) is 11.5 Å². The number of carbonyl (C=O) groups excluding carboxylic acids is 1. The molecule has 0 heterocycles. The number of benzene rings is 3. The molecule has 0 bridgehead atoms. The van der Waals surface area contributed by atoms with Gasteiger partial charge in [0.25, 0.3) is 11.6 Å². The Morgan fingerprint density at radius 3 is 2.26 bits per heavy atom. The Hall–Kier alpha value is -3.73. The van der Waals surface area contributed by atoms with Gasteiger partial charge in [0.2, 0.25) is 0 Å². The third-order valence-electron chi connectivity index (χ3n) is 4.02. The summed E-state index contributed by atoms with van der Waals surface area (Å²) in [5.74, 6) is -0.198. The summed E-state index contributed by atoms with van der Waals surface area (Å²) >= 11 is 0. The van der Waals surface area contributed by atoms with Crippen LogP contribution < -0.4 is 4.90 Å². The number of non-ortho nitro benzene ring substituents is 1. The van der Waals surface area contributed by atoms with Gasteiger partial charge in [0.1, 0.15) is 0 Å². The van der Waals surface area contributed by atoms with Gasteiger partial charge in [-0.25, -0.2) is 0 Å². The summed E-state index contributed by atoms with van der Waals surface area (Å²) in [6.45, 7) is 0.433. The van der Waals surface area contributed by atoms with Crippen molar-refractivity contribution < 1.29 is 9.72 Å². The van der Waals surface area contributed by atoms with Gasteiger partial charge in [0, 0.05) is 23.9 Å². The second kappa shape index (κ2) is 8.58. The molecule has 0 spiro atoms. The summed E-state index contributed by atoms with van der Waals surface area (Å²) in [5.41, 5.74) is 2.40. The van der Waals surface area contributed by atoms with E-state index in [1.54, 1.807) is 23.1 Å². The fourth-order valence-electron chi connectivity index (χ4n) is 2.67. The highest BCUT2D eigenvalue weighted by atomic mass is 16.6. The molecule has 134 valence electrons. The van der Waals surface area contributed by atoms with E-state index in [0.29, 0.717) is 12.1 Å². The van der Waals surface area contributed by atoms with Crippen LogP contribution in [0.1, 0.15) is 11.1 Å². The van der Waals surface area contributed by atoms with Crippen LogP contribution in [0, 0.1) is 10.1 Å². The van der Waals surface area contributed by atoms with Crippen LogP contribution in [0.5, 0.6) is 0 Å². The maximum atomic E-state index is 12.8. The van der Waals surface area contributed by atoms with E-state index in [1.165, 1.54) is 18.2 Å². The molecule has 1 amide bonds. The average molecular weight is 358 g/mol. The van der Waals surface area contributed by atoms with E-state index in [9.17, 15) is 14.9 Å². The summed E-state index contributed by atoms with van der Waals surface area (Å²) in [4.78, 5) is 25.0. The van der Waals surface area contributed by atoms with E-state index in [-0.39, 0.29) is 11.6 Å². The quantitative estimate of drug-likeness (QED) is 0.360. The summed E-state index contributed by atoms with van der Waals surface area (Å²) in [6.07, 6.45) is 3.03. The molecule has 5 heteroatoms. The molecule has 0 radical (unpaired) electrons. The molecule has 0 saturated heterocycles. The Labute approximate surface area is 157 Å². The summed E-state index contributed by atoms with van der Waals surface area (Å²) in [5, 5.41) is 10.9. The maximum Gasteiger partial charge on any atom is 0.270 e. The lowest BCUT2D eigenvalue weighted by atomic mass is 10.1. The molecule has 0 aliphatic carbocycles. The lowest BCUT2D eigenvalue weighted by Crippen LogP contribution is -2.28. The van der Waals surface area contributed by atoms with E-state index >= 15 is 0 Å². The van der Waals surface area contributed by atoms with Crippen LogP contribution in [0.3, 0.4) is 0 Å². The van der Waals surface area contributed by atoms with Gasteiger partial charge in [-0.15, -0.1) is 0 Å². The first-order valence-electron chi connectivity index (χ1n) is 8.46. The van der Waals surface area contributed by atoms with Crippen molar-refractivity contribution in [2.24, 2.45) is 0 Å². The lowest BCUT2D eigenvalue weighted by Gasteiger charge is -2.21. The molecule has 27 heavy (non-hydrogen) atoms. The van der Waals surface area contributed by atoms with Crippen molar-refractivity contribution >= 4 is 23.4 Å². The number of rotatable bonds is 6. The van der Waals surface area contributed by atoms with Crippen molar-refractivity contribution in [1.29, 1.82) is 0 Å². The molecule has 0 N–H and O–H groups in total. The highest BCUT2D eigenvalue weighted by molar-refractivity contribution is 6.03. The lowest BCUT2D eigenvalue weighted by molar-refractivity contribution is -0.384. The summed E-state index contributed by atoms with van der Waals surface area (Å²) in [7, 11) is 0. The number of para-hydroxylation sites is 1. The van der Waals surface area contributed by atoms with Gasteiger partial charge in [-0.3, -0.25) is 14.9 Å². The number of amides is 1. The van der Waals surface area contributed by atoms with Gasteiger partial charge < -0.3 is 4.90 Å². The minimum Gasteiger partial charge on any atom is -0.304 e. The molecule has 3 aromatic rings. The van der Waals surface area contributed by atoms with Crippen molar-refractivity contribution in [3.8, 4) is 0 Å². The molecule has 0 aliphatic rings. The van der Waals surface area contributed by atoms with Crippen molar-refractivity contribution in [2.45, 2.75) is 6.54 Å². The zero-order valence-corrected chi connectivity index (χ0v) is 14.6.